The maximum atomic E-state index is 13.0. The Bertz CT molecular complexity index is 931. The number of aromatic nitrogens is 2. The van der Waals surface area contributed by atoms with E-state index >= 15 is 0 Å². The van der Waals surface area contributed by atoms with E-state index < -0.39 is 0 Å². The first-order valence-electron chi connectivity index (χ1n) is 11.2. The van der Waals surface area contributed by atoms with E-state index in [2.05, 4.69) is 14.9 Å². The number of nitrogens with zero attached hydrogens (tertiary/aromatic N) is 4. The monoisotopic (exact) mass is 421 g/mol. The largest absolute Gasteiger partial charge is 0.384 e. The molecule has 164 valence electrons. The van der Waals surface area contributed by atoms with Crippen LogP contribution in [0, 0.1) is 18.8 Å². The summed E-state index contributed by atoms with van der Waals surface area (Å²) in [5.74, 6) is 0.966. The molecule has 7 heteroatoms. The van der Waals surface area contributed by atoms with Crippen LogP contribution in [0.2, 0.25) is 0 Å². The van der Waals surface area contributed by atoms with Gasteiger partial charge in [0.15, 0.2) is 5.78 Å². The molecule has 7 nitrogen and oxygen atoms in total. The first kappa shape index (κ1) is 21.4. The first-order valence-corrected chi connectivity index (χ1v) is 11.2. The fourth-order valence-electron chi connectivity index (χ4n) is 4.70. The number of nitrogen functional groups attached to an aromatic ring is 1. The average Bonchev–Trinajstić information content (AvgIpc) is 2.79. The highest BCUT2D eigenvalue weighted by Crippen LogP contribution is 2.26. The lowest BCUT2D eigenvalue weighted by Gasteiger charge is -2.37. The highest BCUT2D eigenvalue weighted by molar-refractivity contribution is 5.96. The molecule has 31 heavy (non-hydrogen) atoms. The summed E-state index contributed by atoms with van der Waals surface area (Å²) < 4.78 is 0. The van der Waals surface area contributed by atoms with Crippen molar-refractivity contribution in [3.05, 3.63) is 53.5 Å². The van der Waals surface area contributed by atoms with E-state index in [1.54, 1.807) is 12.3 Å². The third-order valence-electron chi connectivity index (χ3n) is 6.51. The van der Waals surface area contributed by atoms with Crippen LogP contribution >= 0.6 is 0 Å². The summed E-state index contributed by atoms with van der Waals surface area (Å²) in [6.07, 6.45) is 4.95. The number of rotatable bonds is 5. The normalized spacial score (nSPS) is 18.8. The van der Waals surface area contributed by atoms with Crippen LogP contribution in [0.1, 0.15) is 47.4 Å². The minimum absolute atomic E-state index is 0.0343. The molecule has 0 saturated carbocycles. The Balaban J connectivity index is 1.24. The van der Waals surface area contributed by atoms with E-state index in [9.17, 15) is 9.59 Å². The third kappa shape index (κ3) is 5.28. The predicted molar refractivity (Wildman–Crippen MR) is 119 cm³/mol. The Morgan fingerprint density at radius 1 is 1.03 bits per heavy atom. The second-order valence-electron chi connectivity index (χ2n) is 8.77. The number of aryl methyl sites for hydroxylation is 1. The number of hydrogen-bond donors (Lipinski definition) is 1. The van der Waals surface area contributed by atoms with Crippen molar-refractivity contribution in [2.24, 2.45) is 11.8 Å². The highest BCUT2D eigenvalue weighted by Gasteiger charge is 2.33. The lowest BCUT2D eigenvalue weighted by molar-refractivity contribution is -0.138. The number of carbonyl (C=O) groups excluding carboxylic acids is 2. The molecule has 2 aromatic rings. The summed E-state index contributed by atoms with van der Waals surface area (Å²) >= 11 is 0. The summed E-state index contributed by atoms with van der Waals surface area (Å²) in [5, 5.41) is 0. The molecule has 2 aromatic heterocycles. The molecular weight excluding hydrogens is 390 g/mol. The van der Waals surface area contributed by atoms with Gasteiger partial charge in [0.2, 0.25) is 5.91 Å². The zero-order chi connectivity index (χ0) is 21.8. The van der Waals surface area contributed by atoms with Crippen LogP contribution in [0.25, 0.3) is 0 Å². The Morgan fingerprint density at radius 2 is 1.74 bits per heavy atom. The number of pyridine rings is 2. The molecule has 0 spiro atoms. The van der Waals surface area contributed by atoms with E-state index in [1.165, 1.54) is 0 Å². The molecule has 2 aliphatic rings. The molecule has 2 saturated heterocycles. The van der Waals surface area contributed by atoms with Crippen molar-refractivity contribution in [1.82, 2.24) is 19.8 Å². The lowest BCUT2D eigenvalue weighted by Crippen LogP contribution is -2.46. The number of likely N-dealkylation sites (tertiary alicyclic amines) is 2. The van der Waals surface area contributed by atoms with Crippen LogP contribution in [0.4, 0.5) is 5.82 Å². The summed E-state index contributed by atoms with van der Waals surface area (Å²) in [5.41, 5.74) is 8.34. The number of Topliss-reactive ketones (excluding diaryl/α,β-unsaturated/α-hetero) is 1. The van der Waals surface area contributed by atoms with Crippen LogP contribution in [-0.2, 0) is 11.3 Å². The first-order chi connectivity index (χ1) is 15.0. The zero-order valence-electron chi connectivity index (χ0n) is 18.2. The molecule has 0 atom stereocenters. The lowest BCUT2D eigenvalue weighted by atomic mass is 9.89. The van der Waals surface area contributed by atoms with Crippen LogP contribution < -0.4 is 5.73 Å². The summed E-state index contributed by atoms with van der Waals surface area (Å²) in [7, 11) is 0. The van der Waals surface area contributed by atoms with Crippen LogP contribution in [0.15, 0.2) is 36.5 Å². The second-order valence-corrected chi connectivity index (χ2v) is 8.77. The van der Waals surface area contributed by atoms with Gasteiger partial charge >= 0.3 is 0 Å². The van der Waals surface area contributed by atoms with Crippen molar-refractivity contribution in [2.45, 2.75) is 39.2 Å². The van der Waals surface area contributed by atoms with Gasteiger partial charge < -0.3 is 10.6 Å². The zero-order valence-corrected chi connectivity index (χ0v) is 18.2. The number of anilines is 1. The minimum atomic E-state index is -0.0343. The van der Waals surface area contributed by atoms with Crippen LogP contribution in [0.5, 0.6) is 0 Å². The van der Waals surface area contributed by atoms with Crippen LogP contribution in [0.3, 0.4) is 0 Å². The van der Waals surface area contributed by atoms with Gasteiger partial charge in [-0.05, 0) is 75.5 Å². The van der Waals surface area contributed by atoms with Gasteiger partial charge in [-0.25, -0.2) is 4.98 Å². The van der Waals surface area contributed by atoms with E-state index in [4.69, 9.17) is 5.73 Å². The van der Waals surface area contributed by atoms with Crippen molar-refractivity contribution in [2.75, 3.05) is 31.9 Å². The molecule has 1 amide bonds. The van der Waals surface area contributed by atoms with Crippen molar-refractivity contribution in [3.63, 3.8) is 0 Å². The second kappa shape index (κ2) is 9.56. The number of piperidine rings is 2. The summed E-state index contributed by atoms with van der Waals surface area (Å²) in [6.45, 7) is 5.89. The number of carbonyl (C=O) groups is 2. The van der Waals surface area contributed by atoms with Gasteiger partial charge in [-0.2, -0.15) is 0 Å². The van der Waals surface area contributed by atoms with Gasteiger partial charge in [0.25, 0.3) is 0 Å². The Labute approximate surface area is 183 Å². The third-order valence-corrected chi connectivity index (χ3v) is 6.51. The van der Waals surface area contributed by atoms with Gasteiger partial charge in [0, 0.05) is 43.4 Å². The number of amides is 1. The molecule has 0 unspecified atom stereocenters. The van der Waals surface area contributed by atoms with Gasteiger partial charge in [0.1, 0.15) is 11.5 Å². The summed E-state index contributed by atoms with van der Waals surface area (Å²) in [6, 6.07) is 9.47. The fourth-order valence-corrected chi connectivity index (χ4v) is 4.70. The molecule has 0 aromatic carbocycles. The number of hydrogen-bond acceptors (Lipinski definition) is 6. The smallest absolute Gasteiger partial charge is 0.225 e. The Hall–Kier alpha value is -2.80. The maximum Gasteiger partial charge on any atom is 0.225 e. The summed E-state index contributed by atoms with van der Waals surface area (Å²) in [4.78, 5) is 38.6. The number of nitrogens with two attached hydrogens (primary N) is 1. The molecule has 2 aliphatic heterocycles. The Kier molecular flexibility index (Phi) is 6.61. The van der Waals surface area contributed by atoms with Crippen molar-refractivity contribution < 1.29 is 9.59 Å². The molecule has 0 radical (unpaired) electrons. The molecule has 0 aliphatic carbocycles. The van der Waals surface area contributed by atoms with Gasteiger partial charge in [-0.1, -0.05) is 6.07 Å². The predicted octanol–water partition coefficient (Wildman–Crippen LogP) is 2.70. The van der Waals surface area contributed by atoms with E-state index in [0.29, 0.717) is 24.6 Å². The highest BCUT2D eigenvalue weighted by atomic mass is 16.2. The average molecular weight is 422 g/mol. The SMILES string of the molecule is Cc1cccc(C(=O)C2CCN(C(=O)C3CCN(Cc4ccnc(N)c4)CC3)CC2)n1. The van der Waals surface area contributed by atoms with E-state index in [1.807, 2.05) is 36.1 Å². The number of ketones is 1. The molecule has 2 N–H and O–H groups in total. The fraction of sp³-hybridized carbons (Fsp3) is 0.500. The molecule has 2 fully saturated rings. The molecule has 4 rings (SSSR count). The quantitative estimate of drug-likeness (QED) is 0.747. The van der Waals surface area contributed by atoms with Crippen molar-refractivity contribution in [1.29, 1.82) is 0 Å². The van der Waals surface area contributed by atoms with Crippen molar-refractivity contribution in [3.8, 4) is 0 Å². The Morgan fingerprint density at radius 3 is 2.42 bits per heavy atom. The van der Waals surface area contributed by atoms with Crippen LogP contribution in [-0.4, -0.2) is 57.6 Å². The van der Waals surface area contributed by atoms with Gasteiger partial charge in [0.05, 0.1) is 0 Å². The topological polar surface area (TPSA) is 92.4 Å². The minimum Gasteiger partial charge on any atom is -0.384 e. The molecule has 0 bridgehead atoms. The maximum absolute atomic E-state index is 13.0. The van der Waals surface area contributed by atoms with E-state index in [-0.39, 0.29) is 23.5 Å². The van der Waals surface area contributed by atoms with Crippen molar-refractivity contribution >= 4 is 17.5 Å². The van der Waals surface area contributed by atoms with E-state index in [0.717, 1.165) is 56.6 Å². The standard InChI is InChI=1S/C24H31N5O2/c1-17-3-2-4-21(27-17)23(30)19-8-13-29(14-9-19)24(31)20-6-11-28(12-7-20)16-18-5-10-26-22(25)15-18/h2-5,10,15,19-20H,6-9,11-14,16H2,1H3,(H2,25,26). The van der Waals surface area contributed by atoms with Gasteiger partial charge in [-0.15, -0.1) is 0 Å². The molecular formula is C24H31N5O2. The molecule has 4 heterocycles. The van der Waals surface area contributed by atoms with Gasteiger partial charge in [-0.3, -0.25) is 19.5 Å².